The fourth-order valence-corrected chi connectivity index (χ4v) is 20.3. The van der Waals surface area contributed by atoms with Gasteiger partial charge in [0, 0.05) is 0 Å². The molecule has 0 bridgehead atoms. The van der Waals surface area contributed by atoms with Crippen LogP contribution in [0.25, 0.3) is 0 Å². The van der Waals surface area contributed by atoms with E-state index < -0.39 is 39.5 Å². The predicted molar refractivity (Wildman–Crippen MR) is 294 cm³/mol. The zero-order valence-electron chi connectivity index (χ0n) is 38.6. The second-order valence-electron chi connectivity index (χ2n) is 16.1. The van der Waals surface area contributed by atoms with Gasteiger partial charge in [-0.25, -0.2) is 0 Å². The Hall–Kier alpha value is -3.60. The molecular formula is C56H56ClF6P5Ru. The fourth-order valence-electron chi connectivity index (χ4n) is 8.05. The van der Waals surface area contributed by atoms with Crippen LogP contribution in [0.1, 0.15) is 27.7 Å². The van der Waals surface area contributed by atoms with Crippen molar-refractivity contribution in [2.24, 2.45) is 0 Å². The van der Waals surface area contributed by atoms with Crippen molar-refractivity contribution in [3.8, 4) is 0 Å². The van der Waals surface area contributed by atoms with E-state index in [1.54, 1.807) is 0 Å². The van der Waals surface area contributed by atoms with E-state index in [1.807, 2.05) is 17.3 Å². The molecule has 0 saturated carbocycles. The number of rotatable bonds is 14. The van der Waals surface area contributed by atoms with E-state index in [0.717, 1.165) is 0 Å². The molecule has 0 unspecified atom stereocenters. The SMILES string of the molecule is C[C@@H]([C@H](C)P(c1ccccc1)c1ccccc1)P(c1ccccc1)c1ccccc1.C[C@@H]([C@H](C)P(c1ccccc1)c1ccccc1)P(c1ccccc1)c1ccccc1.F[P-](F)(F)(F)(F)F.[Cl][Ru+]. The Kier molecular flexibility index (Phi) is 21.4. The summed E-state index contributed by atoms with van der Waals surface area (Å²) in [4.78, 5) is 0. The van der Waals surface area contributed by atoms with Gasteiger partial charge in [-0.3, -0.25) is 0 Å². The Bertz CT molecular complexity index is 2130. The summed E-state index contributed by atoms with van der Waals surface area (Å²) < 4.78 is 59.2. The van der Waals surface area contributed by atoms with Gasteiger partial charge in [-0.15, -0.1) is 0 Å². The average molecular weight is 1130 g/mol. The van der Waals surface area contributed by atoms with E-state index in [1.165, 1.54) is 42.4 Å². The van der Waals surface area contributed by atoms with Gasteiger partial charge in [-0.1, -0.05) is 270 Å². The third-order valence-electron chi connectivity index (χ3n) is 11.3. The van der Waals surface area contributed by atoms with E-state index >= 15 is 0 Å². The molecule has 8 aromatic rings. The summed E-state index contributed by atoms with van der Waals surface area (Å²) in [5, 5.41) is 11.7. The molecule has 0 aliphatic carbocycles. The molecule has 8 rings (SSSR count). The monoisotopic (exact) mass is 1130 g/mol. The second kappa shape index (κ2) is 26.2. The van der Waals surface area contributed by atoms with Crippen LogP contribution in [0.3, 0.4) is 0 Å². The molecule has 0 fully saturated rings. The average Bonchev–Trinajstić information content (AvgIpc) is 3.37. The minimum absolute atomic E-state index is 0.448. The summed E-state index contributed by atoms with van der Waals surface area (Å²) in [5.74, 6) is 0. The van der Waals surface area contributed by atoms with Gasteiger partial charge in [0.25, 0.3) is 0 Å². The summed E-state index contributed by atoms with van der Waals surface area (Å²) in [6, 6.07) is 88.9. The van der Waals surface area contributed by atoms with Crippen molar-refractivity contribution in [2.45, 2.75) is 50.3 Å². The molecule has 4 atom stereocenters. The quantitative estimate of drug-likeness (QED) is 0.0578. The molecule has 0 heterocycles. The third kappa shape index (κ3) is 18.5. The van der Waals surface area contributed by atoms with Crippen molar-refractivity contribution in [3.63, 3.8) is 0 Å². The van der Waals surface area contributed by atoms with Crippen molar-refractivity contribution < 1.29 is 42.5 Å². The first-order valence-corrected chi connectivity index (χ1v) is 32.1. The molecule has 0 radical (unpaired) electrons. The van der Waals surface area contributed by atoms with Crippen molar-refractivity contribution in [1.29, 1.82) is 0 Å². The standard InChI is InChI=1S/2C28H28P2.ClH.F6P.Ru/c2*1-23(29(25-15-7-3-8-16-25)26-17-9-4-10-18-26)24(2)30(27-19-11-5-12-20-27)28-21-13-6-14-22-28;;1-7(2,3,4,5)6;/h2*3-24H,1-2H3;1H;;/q;;;-1;+2/p-1/t2*23-,24-;;;/m00.../s1. The first-order valence-electron chi connectivity index (χ1n) is 22.2. The topological polar surface area (TPSA) is 0 Å². The first-order chi connectivity index (χ1) is 33.0. The van der Waals surface area contributed by atoms with Gasteiger partial charge in [0.05, 0.1) is 0 Å². The van der Waals surface area contributed by atoms with Crippen LogP contribution in [0, 0.1) is 0 Å². The van der Waals surface area contributed by atoms with Gasteiger partial charge in [0.1, 0.15) is 0 Å². The molecule has 0 aliphatic heterocycles. The molecule has 362 valence electrons. The number of hydrogen-bond donors (Lipinski definition) is 0. The molecule has 0 N–H and O–H groups in total. The number of hydrogen-bond acceptors (Lipinski definition) is 0. The Morgan fingerprint density at radius 2 is 0.348 bits per heavy atom. The summed E-state index contributed by atoms with van der Waals surface area (Å²) in [7, 11) is -7.88. The van der Waals surface area contributed by atoms with E-state index in [4.69, 9.17) is 0 Å². The Balaban J connectivity index is 0.000000219. The van der Waals surface area contributed by atoms with Gasteiger partial charge in [-0.2, -0.15) is 0 Å². The van der Waals surface area contributed by atoms with Crippen LogP contribution < -0.4 is 42.4 Å². The van der Waals surface area contributed by atoms with Crippen LogP contribution in [0.4, 0.5) is 25.2 Å². The van der Waals surface area contributed by atoms with Crippen LogP contribution in [0.5, 0.6) is 0 Å². The molecule has 0 aromatic heterocycles. The summed E-state index contributed by atoms with van der Waals surface area (Å²) in [6.45, 7) is 9.88. The second-order valence-corrected chi connectivity index (χ2v) is 28.4. The van der Waals surface area contributed by atoms with E-state index in [2.05, 4.69) is 280 Å². The molecular weight excluding hydrogens is 1080 g/mol. The maximum absolute atomic E-state index is 10.7. The van der Waals surface area contributed by atoms with Crippen LogP contribution in [-0.2, 0) is 17.3 Å². The summed E-state index contributed by atoms with van der Waals surface area (Å²) >= 11 is 1.82. The summed E-state index contributed by atoms with van der Waals surface area (Å²) in [6.07, 6.45) is 0. The van der Waals surface area contributed by atoms with E-state index in [-0.39, 0.29) is 0 Å². The maximum atomic E-state index is 9.87. The number of halogens is 7. The van der Waals surface area contributed by atoms with Crippen LogP contribution in [0.15, 0.2) is 243 Å². The molecule has 0 nitrogen and oxygen atoms in total. The molecule has 69 heavy (non-hydrogen) atoms. The fraction of sp³-hybridized carbons (Fsp3) is 0.143. The molecule has 0 aliphatic rings. The van der Waals surface area contributed by atoms with Crippen molar-refractivity contribution >= 4 is 91.6 Å². The van der Waals surface area contributed by atoms with Crippen molar-refractivity contribution in [2.75, 3.05) is 0 Å². The normalized spacial score (nSPS) is 14.0. The predicted octanol–water partition coefficient (Wildman–Crippen LogP) is 16.1. The molecule has 8 aromatic carbocycles. The molecule has 0 spiro atoms. The van der Waals surface area contributed by atoms with E-state index in [9.17, 15) is 25.2 Å². The molecule has 0 saturated heterocycles. The molecule has 0 amide bonds. The van der Waals surface area contributed by atoms with Gasteiger partial charge in [0.2, 0.25) is 0 Å². The van der Waals surface area contributed by atoms with Crippen molar-refractivity contribution in [3.05, 3.63) is 243 Å². The Morgan fingerprint density at radius 3 is 0.435 bits per heavy atom. The third-order valence-corrected chi connectivity index (χ3v) is 23.7. The number of benzene rings is 8. The van der Waals surface area contributed by atoms with Crippen LogP contribution >= 0.6 is 49.2 Å². The van der Waals surface area contributed by atoms with Gasteiger partial charge < -0.3 is 0 Å². The molecule has 13 heteroatoms. The van der Waals surface area contributed by atoms with Crippen molar-refractivity contribution in [1.82, 2.24) is 0 Å². The first kappa shape index (κ1) is 56.3. The minimum atomic E-state index is -10.7. The zero-order valence-corrected chi connectivity index (χ0v) is 45.6. The summed E-state index contributed by atoms with van der Waals surface area (Å²) in [5.41, 5.74) is 2.21. The van der Waals surface area contributed by atoms with Gasteiger partial charge in [-0.05, 0) is 96.8 Å². The van der Waals surface area contributed by atoms with E-state index in [0.29, 0.717) is 22.6 Å². The van der Waals surface area contributed by atoms with Crippen LogP contribution in [-0.4, -0.2) is 22.6 Å². The van der Waals surface area contributed by atoms with Crippen LogP contribution in [0.2, 0.25) is 0 Å². The zero-order chi connectivity index (χ0) is 49.9. The van der Waals surface area contributed by atoms with Gasteiger partial charge >= 0.3 is 60.0 Å². The van der Waals surface area contributed by atoms with Gasteiger partial charge in [0.15, 0.2) is 0 Å². The Morgan fingerprint density at radius 1 is 0.261 bits per heavy atom. The Labute approximate surface area is 424 Å².